The predicted molar refractivity (Wildman–Crippen MR) is 102 cm³/mol. The van der Waals surface area contributed by atoms with Crippen LogP contribution in [0, 0.1) is 6.92 Å². The molecule has 1 aliphatic rings. The minimum Gasteiger partial charge on any atom is -0.0622 e. The molecule has 0 heterocycles. The maximum atomic E-state index is 2.30. The smallest absolute Gasteiger partial charge is 0.0460 e. The zero-order valence-corrected chi connectivity index (χ0v) is 14.3. The molecule has 0 heteroatoms. The summed E-state index contributed by atoms with van der Waals surface area (Å²) in [5.41, 5.74) is 8.62. The predicted octanol–water partition coefficient (Wildman–Crippen LogP) is 5.96. The minimum atomic E-state index is 0.0503. The van der Waals surface area contributed by atoms with Gasteiger partial charge in [-0.25, -0.2) is 0 Å². The molecule has 0 fully saturated rings. The van der Waals surface area contributed by atoms with Gasteiger partial charge in [0.15, 0.2) is 0 Å². The van der Waals surface area contributed by atoms with E-state index in [1.165, 1.54) is 33.4 Å². The van der Waals surface area contributed by atoms with Gasteiger partial charge in [-0.1, -0.05) is 90.5 Å². The van der Waals surface area contributed by atoms with Crippen molar-refractivity contribution in [2.75, 3.05) is 0 Å². The van der Waals surface area contributed by atoms with Gasteiger partial charge in [0.05, 0.1) is 0 Å². The quantitative estimate of drug-likeness (QED) is 0.557. The lowest BCUT2D eigenvalue weighted by molar-refractivity contribution is 0.733. The van der Waals surface area contributed by atoms with Crippen LogP contribution in [0.2, 0.25) is 0 Å². The fourth-order valence-corrected chi connectivity index (χ4v) is 4.03. The molecule has 0 aromatic heterocycles. The Bertz CT molecular complexity index is 888. The Morgan fingerprint density at radius 3 is 1.92 bits per heavy atom. The van der Waals surface area contributed by atoms with Crippen molar-refractivity contribution < 1.29 is 0 Å². The molecule has 0 unspecified atom stereocenters. The molecular formula is C24H22. The second-order valence-electron chi connectivity index (χ2n) is 6.74. The van der Waals surface area contributed by atoms with Crippen molar-refractivity contribution in [1.29, 1.82) is 0 Å². The average molecular weight is 310 g/mol. The number of benzene rings is 3. The van der Waals surface area contributed by atoms with Crippen molar-refractivity contribution in [3.8, 4) is 0 Å². The van der Waals surface area contributed by atoms with Crippen LogP contribution in [-0.2, 0) is 11.8 Å². The van der Waals surface area contributed by atoms with E-state index in [0.29, 0.717) is 0 Å². The third-order valence-corrected chi connectivity index (χ3v) is 5.43. The summed E-state index contributed by atoms with van der Waals surface area (Å²) in [6, 6.07) is 30.6. The Hall–Kier alpha value is -2.60. The monoisotopic (exact) mass is 310 g/mol. The van der Waals surface area contributed by atoms with Crippen LogP contribution in [0.5, 0.6) is 0 Å². The molecule has 1 atom stereocenters. The van der Waals surface area contributed by atoms with Gasteiger partial charge in [0.1, 0.15) is 0 Å². The van der Waals surface area contributed by atoms with E-state index in [2.05, 4.69) is 98.8 Å². The van der Waals surface area contributed by atoms with E-state index in [1.807, 2.05) is 0 Å². The zero-order valence-electron chi connectivity index (χ0n) is 14.3. The summed E-state index contributed by atoms with van der Waals surface area (Å²) in [5, 5.41) is 0. The number of hydrogen-bond acceptors (Lipinski definition) is 0. The largest absolute Gasteiger partial charge is 0.0622 e. The Labute approximate surface area is 144 Å². The molecule has 0 bridgehead atoms. The van der Waals surface area contributed by atoms with E-state index < -0.39 is 0 Å². The van der Waals surface area contributed by atoms with Crippen molar-refractivity contribution in [2.24, 2.45) is 0 Å². The molecule has 3 aromatic carbocycles. The van der Waals surface area contributed by atoms with Crippen LogP contribution in [0.4, 0.5) is 0 Å². The highest BCUT2D eigenvalue weighted by Gasteiger charge is 2.52. The Kier molecular flexibility index (Phi) is 3.61. The fourth-order valence-electron chi connectivity index (χ4n) is 4.03. The molecular weight excluding hydrogens is 288 g/mol. The molecule has 0 radical (unpaired) electrons. The van der Waals surface area contributed by atoms with Gasteiger partial charge in [0, 0.05) is 5.41 Å². The summed E-state index contributed by atoms with van der Waals surface area (Å²) in [6.45, 7) is 4.52. The molecule has 1 aliphatic carbocycles. The lowest BCUT2D eigenvalue weighted by Gasteiger charge is -2.22. The summed E-state index contributed by atoms with van der Waals surface area (Å²) in [5.74, 6) is 0. The average Bonchev–Trinajstić information content (AvgIpc) is 3.23. The highest BCUT2D eigenvalue weighted by Crippen LogP contribution is 2.61. The van der Waals surface area contributed by atoms with Gasteiger partial charge in [-0.3, -0.25) is 0 Å². The van der Waals surface area contributed by atoms with Gasteiger partial charge in [0.25, 0.3) is 0 Å². The fraction of sp³-hybridized carbons (Fsp3) is 0.167. The Morgan fingerprint density at radius 2 is 1.25 bits per heavy atom. The van der Waals surface area contributed by atoms with E-state index >= 15 is 0 Å². The number of rotatable bonds is 4. The second kappa shape index (κ2) is 5.79. The summed E-state index contributed by atoms with van der Waals surface area (Å²) in [6.07, 6.45) is 1.04. The van der Waals surface area contributed by atoms with Crippen LogP contribution in [0.1, 0.15) is 29.2 Å². The summed E-state index contributed by atoms with van der Waals surface area (Å²) < 4.78 is 0. The van der Waals surface area contributed by atoms with Crippen molar-refractivity contribution in [1.82, 2.24) is 0 Å². The SMILES string of the molecule is CC1=C(c2ccccc2)[C@@]1(Cc1ccccc1C)c1ccccc1. The molecule has 0 amide bonds. The third-order valence-electron chi connectivity index (χ3n) is 5.43. The van der Waals surface area contributed by atoms with Gasteiger partial charge in [-0.05, 0) is 48.1 Å². The van der Waals surface area contributed by atoms with Crippen molar-refractivity contribution in [3.05, 3.63) is 113 Å². The van der Waals surface area contributed by atoms with Gasteiger partial charge in [0.2, 0.25) is 0 Å². The number of allylic oxidation sites excluding steroid dienone is 2. The zero-order chi connectivity index (χ0) is 16.6. The molecule has 0 spiro atoms. The summed E-state index contributed by atoms with van der Waals surface area (Å²) in [4.78, 5) is 0. The van der Waals surface area contributed by atoms with Crippen LogP contribution < -0.4 is 0 Å². The van der Waals surface area contributed by atoms with Crippen molar-refractivity contribution >= 4 is 5.57 Å². The first kappa shape index (κ1) is 15.0. The maximum absolute atomic E-state index is 2.30. The molecule has 3 aromatic rings. The lowest BCUT2D eigenvalue weighted by atomic mass is 9.80. The molecule has 118 valence electrons. The number of aryl methyl sites for hydroxylation is 1. The molecule has 4 rings (SSSR count). The lowest BCUT2D eigenvalue weighted by Crippen LogP contribution is -2.17. The second-order valence-corrected chi connectivity index (χ2v) is 6.74. The van der Waals surface area contributed by atoms with E-state index in [4.69, 9.17) is 0 Å². The van der Waals surface area contributed by atoms with Crippen LogP contribution in [-0.4, -0.2) is 0 Å². The molecule has 0 saturated heterocycles. The maximum Gasteiger partial charge on any atom is 0.0460 e. The van der Waals surface area contributed by atoms with Crippen LogP contribution in [0.25, 0.3) is 5.57 Å². The Balaban J connectivity index is 1.81. The van der Waals surface area contributed by atoms with Gasteiger partial charge in [-0.15, -0.1) is 0 Å². The highest BCUT2D eigenvalue weighted by atomic mass is 14.5. The van der Waals surface area contributed by atoms with E-state index in [0.717, 1.165) is 6.42 Å². The number of hydrogen-bond donors (Lipinski definition) is 0. The van der Waals surface area contributed by atoms with E-state index in [-0.39, 0.29) is 5.41 Å². The van der Waals surface area contributed by atoms with Gasteiger partial charge >= 0.3 is 0 Å². The minimum absolute atomic E-state index is 0.0503. The molecule has 24 heavy (non-hydrogen) atoms. The summed E-state index contributed by atoms with van der Waals surface area (Å²) in [7, 11) is 0. The normalized spacial score (nSPS) is 19.4. The molecule has 0 N–H and O–H groups in total. The first-order valence-corrected chi connectivity index (χ1v) is 8.61. The van der Waals surface area contributed by atoms with Gasteiger partial charge < -0.3 is 0 Å². The van der Waals surface area contributed by atoms with Crippen LogP contribution in [0.3, 0.4) is 0 Å². The summed E-state index contributed by atoms with van der Waals surface area (Å²) >= 11 is 0. The van der Waals surface area contributed by atoms with E-state index in [1.54, 1.807) is 0 Å². The topological polar surface area (TPSA) is 0 Å². The molecule has 0 nitrogen and oxygen atoms in total. The first-order chi connectivity index (χ1) is 11.7. The standard InChI is InChI=1S/C24H22/c1-18-11-9-10-14-21(18)17-24(22-15-7-4-8-16-22)19(2)23(24)20-12-5-3-6-13-20/h3-16H,17H2,1-2H3/t24-/m1/s1. The van der Waals surface area contributed by atoms with E-state index in [9.17, 15) is 0 Å². The van der Waals surface area contributed by atoms with Gasteiger partial charge in [-0.2, -0.15) is 0 Å². The Morgan fingerprint density at radius 1 is 0.667 bits per heavy atom. The van der Waals surface area contributed by atoms with Crippen molar-refractivity contribution in [2.45, 2.75) is 25.7 Å². The first-order valence-electron chi connectivity index (χ1n) is 8.61. The van der Waals surface area contributed by atoms with Crippen LogP contribution in [0.15, 0.2) is 90.5 Å². The highest BCUT2D eigenvalue weighted by molar-refractivity contribution is 5.96. The third kappa shape index (κ3) is 2.30. The molecule has 0 aliphatic heterocycles. The van der Waals surface area contributed by atoms with Crippen LogP contribution >= 0.6 is 0 Å². The molecule has 0 saturated carbocycles. The van der Waals surface area contributed by atoms with Crippen molar-refractivity contribution in [3.63, 3.8) is 0 Å².